The van der Waals surface area contributed by atoms with Crippen LogP contribution >= 0.6 is 0 Å². The summed E-state index contributed by atoms with van der Waals surface area (Å²) in [5, 5.41) is 39.1. The molecule has 232 valence electrons. The quantitative estimate of drug-likeness (QED) is 0.162. The first-order valence-electron chi connectivity index (χ1n) is 13.8. The number of rotatable bonds is 6. The lowest BCUT2D eigenvalue weighted by atomic mass is 9.87. The topological polar surface area (TPSA) is 173 Å². The van der Waals surface area contributed by atoms with E-state index >= 15 is 0 Å². The highest BCUT2D eigenvalue weighted by atomic mass is 16.6. The zero-order chi connectivity index (χ0) is 31.6. The van der Waals surface area contributed by atoms with Crippen LogP contribution in [0.1, 0.15) is 39.7 Å². The molecule has 2 bridgehead atoms. The molecule has 2 rings (SSSR count). The number of hydrogen-bond acceptors (Lipinski definition) is 9. The van der Waals surface area contributed by atoms with Gasteiger partial charge in [0.1, 0.15) is 17.6 Å². The number of allylic oxidation sites excluding steroid dienone is 2. The van der Waals surface area contributed by atoms with Crippen LogP contribution in [0, 0.1) is 11.8 Å². The summed E-state index contributed by atoms with van der Waals surface area (Å²) in [5.74, 6) is -1.41. The maximum Gasteiger partial charge on any atom is 0.405 e. The molecular weight excluding hydrogens is 542 g/mol. The van der Waals surface area contributed by atoms with Crippen LogP contribution in [0.25, 0.3) is 0 Å². The summed E-state index contributed by atoms with van der Waals surface area (Å²) >= 11 is 0. The SMILES string of the molecule is C=CCNc1c(O)cc2c(O)c1C[C@@H](C)C[C@@H](OC)[C@@H](O)[C@@H](C)/C=C(\C)[C@H](OC(N)=O)[C@H](OC)/C=C/C=C(\C)C(=O)N2. The van der Waals surface area contributed by atoms with E-state index < -0.39 is 42.3 Å². The molecule has 2 amide bonds. The van der Waals surface area contributed by atoms with Gasteiger partial charge in [-0.2, -0.15) is 0 Å². The van der Waals surface area contributed by atoms with Crippen molar-refractivity contribution in [1.82, 2.24) is 0 Å². The van der Waals surface area contributed by atoms with Crippen LogP contribution in [0.4, 0.5) is 16.2 Å². The van der Waals surface area contributed by atoms with Crippen molar-refractivity contribution >= 4 is 23.4 Å². The summed E-state index contributed by atoms with van der Waals surface area (Å²) in [7, 11) is 2.95. The molecule has 1 aromatic rings. The molecule has 42 heavy (non-hydrogen) atoms. The van der Waals surface area contributed by atoms with Crippen molar-refractivity contribution in [1.29, 1.82) is 0 Å². The fourth-order valence-electron chi connectivity index (χ4n) is 4.98. The van der Waals surface area contributed by atoms with E-state index in [0.29, 0.717) is 41.8 Å². The van der Waals surface area contributed by atoms with Crippen molar-refractivity contribution in [3.63, 3.8) is 0 Å². The summed E-state index contributed by atoms with van der Waals surface area (Å²) in [6.07, 6.45) is 4.64. The van der Waals surface area contributed by atoms with Crippen molar-refractivity contribution in [2.75, 3.05) is 31.4 Å². The molecule has 1 aromatic carbocycles. The number of nitrogens with one attached hydrogen (secondary N) is 2. The summed E-state index contributed by atoms with van der Waals surface area (Å²) in [5.41, 5.74) is 7.01. The maximum atomic E-state index is 13.0. The predicted octanol–water partition coefficient (Wildman–Crippen LogP) is 4.16. The Kier molecular flexibility index (Phi) is 13.1. The average molecular weight is 588 g/mol. The lowest BCUT2D eigenvalue weighted by Crippen LogP contribution is -2.37. The average Bonchev–Trinajstić information content (AvgIpc) is 2.94. The van der Waals surface area contributed by atoms with Crippen LogP contribution < -0.4 is 16.4 Å². The largest absolute Gasteiger partial charge is 0.506 e. The lowest BCUT2D eigenvalue weighted by Gasteiger charge is -2.29. The van der Waals surface area contributed by atoms with Gasteiger partial charge in [-0.05, 0) is 38.2 Å². The first-order valence-corrected chi connectivity index (χ1v) is 13.8. The molecule has 0 spiro atoms. The van der Waals surface area contributed by atoms with Gasteiger partial charge in [0, 0.05) is 43.9 Å². The van der Waals surface area contributed by atoms with Crippen LogP contribution in [0.2, 0.25) is 0 Å². The molecule has 1 aliphatic rings. The lowest BCUT2D eigenvalue weighted by molar-refractivity contribution is -0.112. The number of primary amides is 1. The number of amides is 2. The molecule has 11 nitrogen and oxygen atoms in total. The van der Waals surface area contributed by atoms with Gasteiger partial charge in [0.05, 0.1) is 23.6 Å². The zero-order valence-electron chi connectivity index (χ0n) is 25.2. The Balaban J connectivity index is 2.67. The fraction of sp³-hybridized carbons (Fsp3) is 0.484. The zero-order valence-corrected chi connectivity index (χ0v) is 25.2. The van der Waals surface area contributed by atoms with Gasteiger partial charge in [-0.3, -0.25) is 4.79 Å². The number of aliphatic hydroxyl groups excluding tert-OH is 1. The summed E-state index contributed by atoms with van der Waals surface area (Å²) in [4.78, 5) is 24.7. The van der Waals surface area contributed by atoms with Gasteiger partial charge < -0.3 is 45.9 Å². The molecule has 0 saturated carbocycles. The number of aromatic hydroxyl groups is 2. The normalized spacial score (nSPS) is 29.3. The Hall–Kier alpha value is -3.80. The van der Waals surface area contributed by atoms with Crippen molar-refractivity contribution in [3.8, 4) is 11.5 Å². The Bertz CT molecular complexity index is 1210. The number of phenolic OH excluding ortho intramolecular Hbond substituents is 2. The van der Waals surface area contributed by atoms with E-state index in [0.717, 1.165) is 0 Å². The molecule has 1 aliphatic heterocycles. The van der Waals surface area contributed by atoms with E-state index in [1.165, 1.54) is 26.4 Å². The van der Waals surface area contributed by atoms with Crippen LogP contribution in [0.3, 0.4) is 0 Å². The highest BCUT2D eigenvalue weighted by Gasteiger charge is 2.30. The third-order valence-corrected chi connectivity index (χ3v) is 7.25. The fourth-order valence-corrected chi connectivity index (χ4v) is 4.98. The van der Waals surface area contributed by atoms with Gasteiger partial charge >= 0.3 is 6.09 Å². The van der Waals surface area contributed by atoms with Crippen molar-refractivity contribution in [2.24, 2.45) is 17.6 Å². The van der Waals surface area contributed by atoms with Gasteiger partial charge in [-0.15, -0.1) is 6.58 Å². The minimum Gasteiger partial charge on any atom is -0.506 e. The first-order chi connectivity index (χ1) is 19.8. The van der Waals surface area contributed by atoms with Crippen molar-refractivity contribution < 1.29 is 39.1 Å². The number of phenols is 2. The van der Waals surface area contributed by atoms with Gasteiger partial charge in [0.25, 0.3) is 5.91 Å². The second-order valence-electron chi connectivity index (χ2n) is 10.6. The molecule has 11 heteroatoms. The van der Waals surface area contributed by atoms with E-state index in [9.17, 15) is 24.9 Å². The van der Waals surface area contributed by atoms with Gasteiger partial charge in [-0.1, -0.05) is 44.2 Å². The van der Waals surface area contributed by atoms with E-state index in [2.05, 4.69) is 17.2 Å². The number of nitrogens with two attached hydrogens (primary N) is 1. The van der Waals surface area contributed by atoms with E-state index in [-0.39, 0.29) is 23.1 Å². The predicted molar refractivity (Wildman–Crippen MR) is 162 cm³/mol. The number of anilines is 2. The number of methoxy groups -OCH3 is 2. The van der Waals surface area contributed by atoms with Gasteiger partial charge in [0.2, 0.25) is 0 Å². The molecule has 0 aromatic heterocycles. The number of hydrogen-bond donors (Lipinski definition) is 6. The molecule has 1 heterocycles. The number of carbonyl (C=O) groups is 2. The molecule has 0 aliphatic carbocycles. The molecular formula is C31H45N3O8. The number of carbonyl (C=O) groups excluding carboxylic acids is 2. The maximum absolute atomic E-state index is 13.0. The minimum absolute atomic E-state index is 0.0416. The summed E-state index contributed by atoms with van der Waals surface area (Å²) < 4.78 is 16.6. The Morgan fingerprint density at radius 3 is 2.52 bits per heavy atom. The third-order valence-electron chi connectivity index (χ3n) is 7.25. The monoisotopic (exact) mass is 587 g/mol. The minimum atomic E-state index is -0.990. The van der Waals surface area contributed by atoms with Crippen LogP contribution in [0.15, 0.2) is 54.2 Å². The van der Waals surface area contributed by atoms with Gasteiger partial charge in [0.15, 0.2) is 6.10 Å². The second kappa shape index (κ2) is 16.0. The summed E-state index contributed by atoms with van der Waals surface area (Å²) in [6.45, 7) is 11.1. The smallest absolute Gasteiger partial charge is 0.405 e. The second-order valence-corrected chi connectivity index (χ2v) is 10.6. The van der Waals surface area contributed by atoms with Crippen LogP contribution in [-0.4, -0.2) is 72.5 Å². The number of aliphatic hydroxyl groups is 1. The highest BCUT2D eigenvalue weighted by Crippen LogP contribution is 2.42. The Labute approximate surface area is 247 Å². The molecule has 0 saturated heterocycles. The van der Waals surface area contributed by atoms with E-state index in [1.54, 1.807) is 38.2 Å². The molecule has 7 N–H and O–H groups in total. The van der Waals surface area contributed by atoms with Crippen LogP contribution in [0.5, 0.6) is 11.5 Å². The first kappa shape index (κ1) is 34.4. The Morgan fingerprint density at radius 2 is 1.93 bits per heavy atom. The number of fused-ring (bicyclic) bond motifs is 2. The van der Waals surface area contributed by atoms with Crippen LogP contribution in [-0.2, 0) is 25.4 Å². The standard InChI is InChI=1S/C31H45N3O8/c1-8-12-33-26-21-13-17(2)14-25(41-7)27(36)19(4)15-20(5)29(42-31(32)39)24(40-6)11-9-10-18(3)30(38)34-22(28(21)37)16-23(26)35/h8-11,15-17,19,24-25,27,29,33,35-37H,1,12-14H2,2-7H3,(H2,32,39)(H,34,38)/b11-9+,18-10+,20-15+/t17-,19+,24-,25-,27+,29+/m1/s1. The number of ether oxygens (including phenoxy) is 3. The Morgan fingerprint density at radius 1 is 1.24 bits per heavy atom. The highest BCUT2D eigenvalue weighted by molar-refractivity contribution is 6.04. The van der Waals surface area contributed by atoms with E-state index in [4.69, 9.17) is 19.9 Å². The summed E-state index contributed by atoms with van der Waals surface area (Å²) in [6, 6.07) is 1.28. The number of benzene rings is 1. The molecule has 0 radical (unpaired) electrons. The molecule has 0 fully saturated rings. The van der Waals surface area contributed by atoms with Gasteiger partial charge in [-0.25, -0.2) is 4.79 Å². The third kappa shape index (κ3) is 9.10. The van der Waals surface area contributed by atoms with Crippen molar-refractivity contribution in [3.05, 3.63) is 59.7 Å². The van der Waals surface area contributed by atoms with Crippen molar-refractivity contribution in [2.45, 2.75) is 65.0 Å². The van der Waals surface area contributed by atoms with E-state index in [1.807, 2.05) is 13.8 Å². The molecule has 0 unspecified atom stereocenters. The molecule has 6 atom stereocenters.